The van der Waals surface area contributed by atoms with Gasteiger partial charge in [-0.3, -0.25) is 0 Å². The SMILES string of the molecule is Nc1nc2c(s1)CCCn1c-2c(C2CCCCC2)c2ccc(C(=O)O)cc21. The van der Waals surface area contributed by atoms with Gasteiger partial charge in [0.05, 0.1) is 11.3 Å². The van der Waals surface area contributed by atoms with Gasteiger partial charge in [-0.15, -0.1) is 11.3 Å². The first-order valence-electron chi connectivity index (χ1n) is 9.78. The number of hydrogen-bond acceptors (Lipinski definition) is 4. The number of rotatable bonds is 2. The van der Waals surface area contributed by atoms with Crippen LogP contribution in [-0.2, 0) is 13.0 Å². The summed E-state index contributed by atoms with van der Waals surface area (Å²) in [7, 11) is 0. The van der Waals surface area contributed by atoms with E-state index >= 15 is 0 Å². The summed E-state index contributed by atoms with van der Waals surface area (Å²) in [6, 6.07) is 5.60. The summed E-state index contributed by atoms with van der Waals surface area (Å²) >= 11 is 1.60. The number of fused-ring (bicyclic) bond motifs is 5. The Morgan fingerprint density at radius 1 is 1.22 bits per heavy atom. The number of benzene rings is 1. The first kappa shape index (κ1) is 16.8. The minimum atomic E-state index is -0.876. The van der Waals surface area contributed by atoms with Gasteiger partial charge >= 0.3 is 5.97 Å². The molecule has 140 valence electrons. The maximum Gasteiger partial charge on any atom is 0.335 e. The van der Waals surface area contributed by atoms with Gasteiger partial charge in [0.1, 0.15) is 5.69 Å². The topological polar surface area (TPSA) is 81.1 Å². The maximum absolute atomic E-state index is 11.6. The quantitative estimate of drug-likeness (QED) is 0.652. The van der Waals surface area contributed by atoms with Crippen LogP contribution in [0, 0.1) is 0 Å². The van der Waals surface area contributed by atoms with Gasteiger partial charge in [-0.1, -0.05) is 25.3 Å². The third-order valence-corrected chi connectivity index (χ3v) is 7.03. The van der Waals surface area contributed by atoms with Crippen LogP contribution in [0.4, 0.5) is 5.13 Å². The zero-order chi connectivity index (χ0) is 18.5. The molecule has 3 N–H and O–H groups in total. The lowest BCUT2D eigenvalue weighted by atomic mass is 9.82. The first-order chi connectivity index (χ1) is 13.1. The number of aromatic carboxylic acids is 1. The van der Waals surface area contributed by atoms with Crippen molar-refractivity contribution in [1.29, 1.82) is 0 Å². The lowest BCUT2D eigenvalue weighted by Gasteiger charge is -2.23. The lowest BCUT2D eigenvalue weighted by Crippen LogP contribution is -2.07. The van der Waals surface area contributed by atoms with Crippen LogP contribution in [0.25, 0.3) is 22.3 Å². The molecule has 27 heavy (non-hydrogen) atoms. The second-order valence-corrected chi connectivity index (χ2v) is 8.83. The van der Waals surface area contributed by atoms with Gasteiger partial charge in [-0.2, -0.15) is 0 Å². The Morgan fingerprint density at radius 2 is 2.04 bits per heavy atom. The number of hydrogen-bond donors (Lipinski definition) is 2. The van der Waals surface area contributed by atoms with Gasteiger partial charge in [-0.25, -0.2) is 9.78 Å². The van der Waals surface area contributed by atoms with Gasteiger partial charge in [0.25, 0.3) is 0 Å². The van der Waals surface area contributed by atoms with Gasteiger partial charge in [0.15, 0.2) is 5.13 Å². The largest absolute Gasteiger partial charge is 0.478 e. The molecule has 0 atom stereocenters. The van der Waals surface area contributed by atoms with E-state index in [1.54, 1.807) is 17.4 Å². The molecule has 5 nitrogen and oxygen atoms in total. The van der Waals surface area contributed by atoms with Crippen molar-refractivity contribution in [2.75, 3.05) is 5.73 Å². The van der Waals surface area contributed by atoms with Gasteiger partial charge < -0.3 is 15.4 Å². The normalized spacial score (nSPS) is 17.5. The van der Waals surface area contributed by atoms with Crippen molar-refractivity contribution in [3.05, 3.63) is 34.2 Å². The summed E-state index contributed by atoms with van der Waals surface area (Å²) in [5.74, 6) is -0.360. The van der Waals surface area contributed by atoms with Crippen LogP contribution < -0.4 is 5.73 Å². The number of aryl methyl sites for hydroxylation is 2. The van der Waals surface area contributed by atoms with E-state index in [0.29, 0.717) is 16.6 Å². The fourth-order valence-corrected chi connectivity index (χ4v) is 5.80. The predicted octanol–water partition coefficient (Wildman–Crippen LogP) is 5.04. The molecule has 1 fully saturated rings. The zero-order valence-electron chi connectivity index (χ0n) is 15.2. The van der Waals surface area contributed by atoms with Crippen LogP contribution in [0.1, 0.15) is 65.2 Å². The molecule has 0 saturated heterocycles. The van der Waals surface area contributed by atoms with Crippen LogP contribution in [0.5, 0.6) is 0 Å². The average molecular weight is 382 g/mol. The van der Waals surface area contributed by atoms with Crippen LogP contribution in [0.15, 0.2) is 18.2 Å². The molecule has 5 rings (SSSR count). The lowest BCUT2D eigenvalue weighted by molar-refractivity contribution is 0.0697. The van der Waals surface area contributed by atoms with Crippen molar-refractivity contribution in [1.82, 2.24) is 9.55 Å². The number of carbonyl (C=O) groups is 1. The molecule has 0 bridgehead atoms. The van der Waals surface area contributed by atoms with E-state index in [0.717, 1.165) is 30.6 Å². The second kappa shape index (κ2) is 6.37. The van der Waals surface area contributed by atoms with Crippen LogP contribution >= 0.6 is 11.3 Å². The highest BCUT2D eigenvalue weighted by Gasteiger charge is 2.30. The van der Waals surface area contributed by atoms with Crippen molar-refractivity contribution < 1.29 is 9.90 Å². The Morgan fingerprint density at radius 3 is 2.81 bits per heavy atom. The number of nitrogens with zero attached hydrogens (tertiary/aromatic N) is 2. The Labute approximate surface area is 161 Å². The van der Waals surface area contributed by atoms with Crippen molar-refractivity contribution in [3.63, 3.8) is 0 Å². The Balaban J connectivity index is 1.84. The van der Waals surface area contributed by atoms with Crippen molar-refractivity contribution in [3.8, 4) is 11.4 Å². The predicted molar refractivity (Wildman–Crippen MR) is 109 cm³/mol. The molecular formula is C21H23N3O2S. The number of carboxylic acid groups (broad SMARTS) is 1. The van der Waals surface area contributed by atoms with E-state index in [1.807, 2.05) is 12.1 Å². The minimum absolute atomic E-state index is 0.347. The van der Waals surface area contributed by atoms with Crippen LogP contribution in [-0.4, -0.2) is 20.6 Å². The van der Waals surface area contributed by atoms with Gasteiger partial charge in [-0.05, 0) is 49.3 Å². The maximum atomic E-state index is 11.6. The molecule has 3 aromatic rings. The highest BCUT2D eigenvalue weighted by molar-refractivity contribution is 7.15. The molecule has 3 heterocycles. The zero-order valence-corrected chi connectivity index (χ0v) is 16.0. The monoisotopic (exact) mass is 381 g/mol. The number of thiazole rings is 1. The first-order valence-corrected chi connectivity index (χ1v) is 10.6. The summed E-state index contributed by atoms with van der Waals surface area (Å²) in [5, 5.41) is 11.3. The Bertz CT molecular complexity index is 1040. The Hall–Kier alpha value is -2.34. The average Bonchev–Trinajstić information content (AvgIpc) is 3.14. The number of nitrogen functional groups attached to an aromatic ring is 1. The van der Waals surface area contributed by atoms with E-state index in [1.165, 1.54) is 53.6 Å². The van der Waals surface area contributed by atoms with E-state index < -0.39 is 5.97 Å². The number of aromatic nitrogens is 2. The second-order valence-electron chi connectivity index (χ2n) is 7.71. The van der Waals surface area contributed by atoms with Crippen LogP contribution in [0.3, 0.4) is 0 Å². The molecule has 6 heteroatoms. The fourth-order valence-electron chi connectivity index (χ4n) is 4.92. The minimum Gasteiger partial charge on any atom is -0.478 e. The van der Waals surface area contributed by atoms with E-state index in [9.17, 15) is 9.90 Å². The highest BCUT2D eigenvalue weighted by Crippen LogP contribution is 2.47. The molecule has 0 radical (unpaired) electrons. The van der Waals surface area contributed by atoms with E-state index in [-0.39, 0.29) is 0 Å². The third-order valence-electron chi connectivity index (χ3n) is 6.09. The smallest absolute Gasteiger partial charge is 0.335 e. The molecule has 1 saturated carbocycles. The van der Waals surface area contributed by atoms with Crippen molar-refractivity contribution >= 4 is 33.3 Å². The number of nitrogens with two attached hydrogens (primary N) is 1. The standard InChI is InChI=1S/C21H23N3O2S/c22-21-23-18-16(27-21)7-4-10-24-15-11-13(20(25)26)8-9-14(15)17(19(18)24)12-5-2-1-3-6-12/h8-9,11-12H,1-7,10H2,(H2,22,23)(H,25,26). The molecule has 1 aliphatic carbocycles. The fraction of sp³-hybridized carbons (Fsp3) is 0.429. The van der Waals surface area contributed by atoms with Crippen LogP contribution in [0.2, 0.25) is 0 Å². The number of anilines is 1. The highest BCUT2D eigenvalue weighted by atomic mass is 32.1. The summed E-state index contributed by atoms with van der Waals surface area (Å²) in [6.07, 6.45) is 8.22. The number of carboxylic acids is 1. The van der Waals surface area contributed by atoms with Gasteiger partial charge in [0.2, 0.25) is 0 Å². The van der Waals surface area contributed by atoms with Gasteiger partial charge in [0, 0.05) is 22.3 Å². The molecule has 2 aromatic heterocycles. The summed E-state index contributed by atoms with van der Waals surface area (Å²) in [6.45, 7) is 0.893. The summed E-state index contributed by atoms with van der Waals surface area (Å²) in [5.41, 5.74) is 11.0. The summed E-state index contributed by atoms with van der Waals surface area (Å²) < 4.78 is 2.32. The van der Waals surface area contributed by atoms with Crippen molar-refractivity contribution in [2.24, 2.45) is 0 Å². The Kier molecular flexibility index (Phi) is 3.97. The molecular weight excluding hydrogens is 358 g/mol. The third kappa shape index (κ3) is 2.65. The summed E-state index contributed by atoms with van der Waals surface area (Å²) in [4.78, 5) is 17.5. The van der Waals surface area contributed by atoms with Crippen molar-refractivity contribution in [2.45, 2.75) is 57.4 Å². The molecule has 2 aliphatic rings. The van der Waals surface area contributed by atoms with E-state index in [4.69, 9.17) is 10.7 Å². The molecule has 1 aromatic carbocycles. The van der Waals surface area contributed by atoms with E-state index in [2.05, 4.69) is 4.57 Å². The molecule has 1 aliphatic heterocycles. The molecule has 0 spiro atoms. The molecule has 0 unspecified atom stereocenters. The molecule has 0 amide bonds.